The molecular weight excluding hydrogens is 252 g/mol. The van der Waals surface area contributed by atoms with Gasteiger partial charge in [0.15, 0.2) is 0 Å². The van der Waals surface area contributed by atoms with Crippen LogP contribution in [0, 0.1) is 11.3 Å². The highest BCUT2D eigenvalue weighted by Crippen LogP contribution is 2.18. The van der Waals surface area contributed by atoms with Crippen molar-refractivity contribution in [2.24, 2.45) is 0 Å². The van der Waals surface area contributed by atoms with Gasteiger partial charge in [0.1, 0.15) is 6.10 Å². The van der Waals surface area contributed by atoms with Crippen molar-refractivity contribution in [3.05, 3.63) is 35.4 Å². The molecule has 0 N–H and O–H groups in total. The summed E-state index contributed by atoms with van der Waals surface area (Å²) in [5.41, 5.74) is 1.67. The first-order valence-electron chi connectivity index (χ1n) is 7.03. The number of rotatable bonds is 4. The largest absolute Gasteiger partial charge is 0.368 e. The highest BCUT2D eigenvalue weighted by molar-refractivity contribution is 5.81. The molecule has 2 rings (SSSR count). The van der Waals surface area contributed by atoms with Crippen molar-refractivity contribution in [1.82, 2.24) is 4.90 Å². The van der Waals surface area contributed by atoms with Crippen LogP contribution < -0.4 is 0 Å². The molecule has 1 amide bonds. The minimum atomic E-state index is -0.282. The van der Waals surface area contributed by atoms with Crippen LogP contribution in [-0.2, 0) is 16.1 Å². The van der Waals surface area contributed by atoms with Crippen LogP contribution >= 0.6 is 0 Å². The Morgan fingerprint density at radius 1 is 1.45 bits per heavy atom. The van der Waals surface area contributed by atoms with Crippen LogP contribution in [0.4, 0.5) is 0 Å². The fraction of sp³-hybridized carbons (Fsp3) is 0.500. The minimum Gasteiger partial charge on any atom is -0.368 e. The maximum atomic E-state index is 12.5. The number of nitriles is 1. The van der Waals surface area contributed by atoms with Crippen molar-refractivity contribution in [1.29, 1.82) is 5.26 Å². The van der Waals surface area contributed by atoms with Gasteiger partial charge in [0, 0.05) is 19.2 Å². The van der Waals surface area contributed by atoms with Crippen LogP contribution in [0.3, 0.4) is 0 Å². The van der Waals surface area contributed by atoms with Gasteiger partial charge in [-0.2, -0.15) is 5.26 Å². The second-order valence-corrected chi connectivity index (χ2v) is 5.37. The maximum Gasteiger partial charge on any atom is 0.252 e. The predicted octanol–water partition coefficient (Wildman–Crippen LogP) is 2.47. The highest BCUT2D eigenvalue weighted by Gasteiger charge is 2.29. The first-order chi connectivity index (χ1) is 9.61. The van der Waals surface area contributed by atoms with Gasteiger partial charge in [-0.1, -0.05) is 12.1 Å². The van der Waals surface area contributed by atoms with Crippen LogP contribution in [0.2, 0.25) is 0 Å². The molecule has 1 aromatic carbocycles. The van der Waals surface area contributed by atoms with Gasteiger partial charge in [0.2, 0.25) is 0 Å². The molecule has 0 aliphatic carbocycles. The first kappa shape index (κ1) is 14.5. The van der Waals surface area contributed by atoms with E-state index in [-0.39, 0.29) is 18.1 Å². The van der Waals surface area contributed by atoms with Gasteiger partial charge < -0.3 is 9.64 Å². The van der Waals surface area contributed by atoms with Gasteiger partial charge in [0.25, 0.3) is 5.91 Å². The molecule has 106 valence electrons. The van der Waals surface area contributed by atoms with Crippen molar-refractivity contribution in [3.63, 3.8) is 0 Å². The molecule has 1 fully saturated rings. The molecule has 0 spiro atoms. The monoisotopic (exact) mass is 272 g/mol. The van der Waals surface area contributed by atoms with E-state index in [1.165, 1.54) is 0 Å². The topological polar surface area (TPSA) is 53.3 Å². The zero-order chi connectivity index (χ0) is 14.5. The Bertz CT molecular complexity index is 496. The number of hydrogen-bond donors (Lipinski definition) is 0. The summed E-state index contributed by atoms with van der Waals surface area (Å²) in [6.07, 6.45) is 1.49. The van der Waals surface area contributed by atoms with E-state index in [1.54, 1.807) is 12.1 Å². The number of carbonyl (C=O) groups is 1. The molecule has 1 saturated heterocycles. The number of amides is 1. The van der Waals surface area contributed by atoms with Gasteiger partial charge in [-0.05, 0) is 44.4 Å². The number of carbonyl (C=O) groups excluding carboxylic acids is 1. The van der Waals surface area contributed by atoms with E-state index in [4.69, 9.17) is 10.00 Å². The molecule has 1 heterocycles. The summed E-state index contributed by atoms with van der Waals surface area (Å²) in [7, 11) is 0. The summed E-state index contributed by atoms with van der Waals surface area (Å²) >= 11 is 0. The number of ether oxygens (including phenoxy) is 1. The molecule has 1 aromatic rings. The number of hydrogen-bond acceptors (Lipinski definition) is 3. The zero-order valence-electron chi connectivity index (χ0n) is 12.0. The lowest BCUT2D eigenvalue weighted by Gasteiger charge is -2.29. The quantitative estimate of drug-likeness (QED) is 0.846. The minimum absolute atomic E-state index is 0.0712. The smallest absolute Gasteiger partial charge is 0.252 e. The summed E-state index contributed by atoms with van der Waals surface area (Å²) in [6.45, 7) is 5.26. The van der Waals surface area contributed by atoms with Gasteiger partial charge >= 0.3 is 0 Å². The Morgan fingerprint density at radius 3 is 2.65 bits per heavy atom. The van der Waals surface area contributed by atoms with E-state index in [0.717, 1.165) is 18.4 Å². The molecule has 0 aromatic heterocycles. The molecule has 1 unspecified atom stereocenters. The van der Waals surface area contributed by atoms with E-state index >= 15 is 0 Å². The van der Waals surface area contributed by atoms with E-state index in [2.05, 4.69) is 6.07 Å². The summed E-state index contributed by atoms with van der Waals surface area (Å²) in [6, 6.07) is 9.59. The molecule has 0 saturated carbocycles. The molecule has 1 aliphatic heterocycles. The van der Waals surface area contributed by atoms with Crippen molar-refractivity contribution in [2.45, 2.75) is 45.4 Å². The lowest BCUT2D eigenvalue weighted by molar-refractivity contribution is -0.143. The van der Waals surface area contributed by atoms with Gasteiger partial charge in [-0.25, -0.2) is 0 Å². The van der Waals surface area contributed by atoms with Gasteiger partial charge in [-0.3, -0.25) is 4.79 Å². The van der Waals surface area contributed by atoms with Gasteiger partial charge in [0.05, 0.1) is 11.6 Å². The molecule has 1 atom stereocenters. The van der Waals surface area contributed by atoms with E-state index in [9.17, 15) is 4.79 Å². The maximum absolute atomic E-state index is 12.5. The van der Waals surface area contributed by atoms with Crippen molar-refractivity contribution < 1.29 is 9.53 Å². The van der Waals surface area contributed by atoms with Crippen LogP contribution in [0.5, 0.6) is 0 Å². The summed E-state index contributed by atoms with van der Waals surface area (Å²) < 4.78 is 5.49. The van der Waals surface area contributed by atoms with Crippen molar-refractivity contribution in [3.8, 4) is 6.07 Å². The Kier molecular flexibility index (Phi) is 4.75. The van der Waals surface area contributed by atoms with Crippen LogP contribution in [0.15, 0.2) is 24.3 Å². The molecular formula is C16H20N2O2. The summed E-state index contributed by atoms with van der Waals surface area (Å²) in [4.78, 5) is 14.3. The lowest BCUT2D eigenvalue weighted by Crippen LogP contribution is -2.42. The molecule has 1 aliphatic rings. The Labute approximate surface area is 120 Å². The summed E-state index contributed by atoms with van der Waals surface area (Å²) in [5.74, 6) is 0.0712. The SMILES string of the molecule is CC(C)N(Cc1ccc(C#N)cc1)C(=O)C1CCCO1. The first-order valence-corrected chi connectivity index (χ1v) is 7.03. The molecule has 20 heavy (non-hydrogen) atoms. The van der Waals surface area contributed by atoms with E-state index < -0.39 is 0 Å². The highest BCUT2D eigenvalue weighted by atomic mass is 16.5. The molecule has 4 nitrogen and oxygen atoms in total. The average Bonchev–Trinajstić information content (AvgIpc) is 2.98. The standard InChI is InChI=1S/C16H20N2O2/c1-12(2)18(16(19)15-4-3-9-20-15)11-14-7-5-13(10-17)6-8-14/h5-8,12,15H,3-4,9,11H2,1-2H3. The van der Waals surface area contributed by atoms with Crippen LogP contribution in [-0.4, -0.2) is 29.6 Å². The zero-order valence-corrected chi connectivity index (χ0v) is 12.0. The third kappa shape index (κ3) is 3.37. The third-order valence-corrected chi connectivity index (χ3v) is 3.55. The fourth-order valence-corrected chi connectivity index (χ4v) is 2.35. The normalized spacial score (nSPS) is 18.0. The Hall–Kier alpha value is -1.86. The summed E-state index contributed by atoms with van der Waals surface area (Å²) in [5, 5.41) is 8.80. The molecule has 4 heteroatoms. The predicted molar refractivity (Wildman–Crippen MR) is 75.8 cm³/mol. The molecule has 0 bridgehead atoms. The van der Waals surface area contributed by atoms with Crippen LogP contribution in [0.25, 0.3) is 0 Å². The van der Waals surface area contributed by atoms with Crippen molar-refractivity contribution >= 4 is 5.91 Å². The van der Waals surface area contributed by atoms with Crippen molar-refractivity contribution in [2.75, 3.05) is 6.61 Å². The van der Waals surface area contributed by atoms with Crippen LogP contribution in [0.1, 0.15) is 37.8 Å². The van der Waals surface area contributed by atoms with E-state index in [1.807, 2.05) is 30.9 Å². The number of benzene rings is 1. The fourth-order valence-electron chi connectivity index (χ4n) is 2.35. The average molecular weight is 272 g/mol. The lowest BCUT2D eigenvalue weighted by atomic mass is 10.1. The molecule has 0 radical (unpaired) electrons. The van der Waals surface area contributed by atoms with Gasteiger partial charge in [-0.15, -0.1) is 0 Å². The Balaban J connectivity index is 2.08. The van der Waals surface area contributed by atoms with E-state index in [0.29, 0.717) is 18.7 Å². The Morgan fingerprint density at radius 2 is 2.15 bits per heavy atom. The second-order valence-electron chi connectivity index (χ2n) is 5.37. The number of nitrogens with zero attached hydrogens (tertiary/aromatic N) is 2. The second kappa shape index (κ2) is 6.53. The third-order valence-electron chi connectivity index (χ3n) is 3.55.